The van der Waals surface area contributed by atoms with Crippen LogP contribution in [-0.4, -0.2) is 36.1 Å². The van der Waals surface area contributed by atoms with Gasteiger partial charge in [-0.25, -0.2) is 4.98 Å². The Balaban J connectivity index is 1.91. The van der Waals surface area contributed by atoms with Gasteiger partial charge in [-0.1, -0.05) is 29.3 Å². The van der Waals surface area contributed by atoms with Crippen LogP contribution in [-0.2, 0) is 4.74 Å². The Kier molecular flexibility index (Phi) is 6.81. The van der Waals surface area contributed by atoms with E-state index in [1.165, 1.54) is 6.20 Å². The van der Waals surface area contributed by atoms with Gasteiger partial charge in [0, 0.05) is 31.1 Å². The molecule has 6 nitrogen and oxygen atoms in total. The molecular formula is C20H18Cl2N4O2. The van der Waals surface area contributed by atoms with Crippen molar-refractivity contribution in [3.05, 3.63) is 70.6 Å². The van der Waals surface area contributed by atoms with Gasteiger partial charge < -0.3 is 15.4 Å². The summed E-state index contributed by atoms with van der Waals surface area (Å²) in [7, 11) is 1.62. The van der Waals surface area contributed by atoms with E-state index in [0.717, 1.165) is 5.56 Å². The Morgan fingerprint density at radius 1 is 1.14 bits per heavy atom. The van der Waals surface area contributed by atoms with E-state index < -0.39 is 0 Å². The summed E-state index contributed by atoms with van der Waals surface area (Å²) in [6.07, 6.45) is 3.17. The highest BCUT2D eigenvalue weighted by atomic mass is 35.5. The Morgan fingerprint density at radius 3 is 2.71 bits per heavy atom. The highest BCUT2D eigenvalue weighted by Crippen LogP contribution is 2.29. The molecule has 2 heterocycles. The fraction of sp³-hybridized carbons (Fsp3) is 0.150. The van der Waals surface area contributed by atoms with Gasteiger partial charge >= 0.3 is 0 Å². The molecule has 144 valence electrons. The summed E-state index contributed by atoms with van der Waals surface area (Å²) < 4.78 is 5.09. The highest BCUT2D eigenvalue weighted by Gasteiger charge is 2.15. The van der Waals surface area contributed by atoms with Crippen LogP contribution in [0.4, 0.5) is 11.4 Å². The van der Waals surface area contributed by atoms with Gasteiger partial charge in [-0.05, 0) is 36.4 Å². The van der Waals surface area contributed by atoms with Crippen LogP contribution < -0.4 is 10.6 Å². The van der Waals surface area contributed by atoms with Crippen LogP contribution in [0.1, 0.15) is 10.4 Å². The van der Waals surface area contributed by atoms with Crippen LogP contribution in [0, 0.1) is 0 Å². The smallest absolute Gasteiger partial charge is 0.257 e. The van der Waals surface area contributed by atoms with Crippen molar-refractivity contribution in [2.45, 2.75) is 0 Å². The lowest BCUT2D eigenvalue weighted by Crippen LogP contribution is -2.16. The number of aromatic nitrogens is 2. The average molecular weight is 417 g/mol. The van der Waals surface area contributed by atoms with Crippen LogP contribution in [0.2, 0.25) is 10.2 Å². The third kappa shape index (κ3) is 4.98. The van der Waals surface area contributed by atoms with E-state index >= 15 is 0 Å². The molecule has 0 bridgehead atoms. The maximum atomic E-state index is 12.8. The van der Waals surface area contributed by atoms with Gasteiger partial charge in [0.2, 0.25) is 0 Å². The SMILES string of the molecule is COCCNc1cc(-c2ncccc2Cl)ccc1C(=O)Nc1ccc(Cl)nc1. The zero-order valence-corrected chi connectivity index (χ0v) is 16.6. The molecule has 0 atom stereocenters. The van der Waals surface area contributed by atoms with Crippen molar-refractivity contribution < 1.29 is 9.53 Å². The van der Waals surface area contributed by atoms with E-state index in [4.69, 9.17) is 27.9 Å². The number of nitrogens with zero attached hydrogens (tertiary/aromatic N) is 2. The molecule has 28 heavy (non-hydrogen) atoms. The molecule has 8 heteroatoms. The lowest BCUT2D eigenvalue weighted by molar-refractivity contribution is 0.102. The van der Waals surface area contributed by atoms with Gasteiger partial charge in [0.25, 0.3) is 5.91 Å². The maximum Gasteiger partial charge on any atom is 0.257 e. The molecule has 0 saturated heterocycles. The van der Waals surface area contributed by atoms with Crippen molar-refractivity contribution in [3.63, 3.8) is 0 Å². The lowest BCUT2D eigenvalue weighted by Gasteiger charge is -2.14. The number of carbonyl (C=O) groups is 1. The van der Waals surface area contributed by atoms with Gasteiger partial charge in [-0.2, -0.15) is 0 Å². The minimum absolute atomic E-state index is 0.275. The molecule has 2 N–H and O–H groups in total. The number of carbonyl (C=O) groups excluding carboxylic acids is 1. The topological polar surface area (TPSA) is 76.1 Å². The molecule has 0 aliphatic rings. The van der Waals surface area contributed by atoms with Crippen LogP contribution in [0.5, 0.6) is 0 Å². The first-order valence-electron chi connectivity index (χ1n) is 8.49. The zero-order chi connectivity index (χ0) is 19.9. The van der Waals surface area contributed by atoms with Crippen LogP contribution in [0.15, 0.2) is 54.9 Å². The molecule has 0 fully saturated rings. The van der Waals surface area contributed by atoms with E-state index in [1.54, 1.807) is 43.6 Å². The molecule has 3 rings (SSSR count). The number of rotatable bonds is 7. The average Bonchev–Trinajstić information content (AvgIpc) is 2.70. The normalized spacial score (nSPS) is 10.5. The summed E-state index contributed by atoms with van der Waals surface area (Å²) >= 11 is 12.0. The Bertz CT molecular complexity index is 965. The number of halogens is 2. The molecular weight excluding hydrogens is 399 g/mol. The minimum atomic E-state index is -0.275. The predicted molar refractivity (Wildman–Crippen MR) is 112 cm³/mol. The zero-order valence-electron chi connectivity index (χ0n) is 15.1. The number of anilines is 2. The first-order chi connectivity index (χ1) is 13.6. The van der Waals surface area contributed by atoms with Gasteiger partial charge in [0.1, 0.15) is 5.15 Å². The van der Waals surface area contributed by atoms with Crippen molar-refractivity contribution in [1.82, 2.24) is 9.97 Å². The minimum Gasteiger partial charge on any atom is -0.383 e. The van der Waals surface area contributed by atoms with Crippen LogP contribution in [0.25, 0.3) is 11.3 Å². The van der Waals surface area contributed by atoms with Crippen molar-refractivity contribution in [1.29, 1.82) is 0 Å². The highest BCUT2D eigenvalue weighted by molar-refractivity contribution is 6.33. The second kappa shape index (κ2) is 9.50. The molecule has 3 aromatic rings. The van der Waals surface area contributed by atoms with Crippen molar-refractivity contribution in [2.24, 2.45) is 0 Å². The standard InChI is InChI=1S/C20H18Cl2N4O2/c1-28-10-9-23-17-11-13(19-16(21)3-2-8-24-19)4-6-15(17)20(27)26-14-5-7-18(22)25-12-14/h2-8,11-12,23H,9-10H2,1H3,(H,26,27). The predicted octanol–water partition coefficient (Wildman–Crippen LogP) is 4.76. The number of amides is 1. The third-order valence-corrected chi connectivity index (χ3v) is 4.43. The van der Waals surface area contributed by atoms with Gasteiger partial charge in [0.15, 0.2) is 0 Å². The number of pyridine rings is 2. The molecule has 0 aliphatic carbocycles. The molecule has 0 unspecified atom stereocenters. The van der Waals surface area contributed by atoms with Crippen molar-refractivity contribution in [3.8, 4) is 11.3 Å². The lowest BCUT2D eigenvalue weighted by atomic mass is 10.0. The van der Waals surface area contributed by atoms with E-state index in [-0.39, 0.29) is 5.91 Å². The van der Waals surface area contributed by atoms with Crippen LogP contribution >= 0.6 is 23.2 Å². The van der Waals surface area contributed by atoms with E-state index in [9.17, 15) is 4.79 Å². The second-order valence-corrected chi connectivity index (χ2v) is 6.63. The number of ether oxygens (including phenoxy) is 1. The fourth-order valence-corrected chi connectivity index (χ4v) is 2.91. The quantitative estimate of drug-likeness (QED) is 0.428. The van der Waals surface area contributed by atoms with Crippen molar-refractivity contribution in [2.75, 3.05) is 30.9 Å². The first-order valence-corrected chi connectivity index (χ1v) is 9.24. The van der Waals surface area contributed by atoms with E-state index in [1.807, 2.05) is 12.1 Å². The second-order valence-electron chi connectivity index (χ2n) is 5.84. The number of nitrogens with one attached hydrogen (secondary N) is 2. The fourth-order valence-electron chi connectivity index (χ4n) is 2.57. The monoisotopic (exact) mass is 416 g/mol. The number of benzene rings is 1. The Labute approximate surface area is 172 Å². The number of methoxy groups -OCH3 is 1. The summed E-state index contributed by atoms with van der Waals surface area (Å²) in [6.45, 7) is 1.04. The van der Waals surface area contributed by atoms with E-state index in [0.29, 0.717) is 46.0 Å². The number of hydrogen-bond acceptors (Lipinski definition) is 5. The largest absolute Gasteiger partial charge is 0.383 e. The first kappa shape index (κ1) is 20.1. The molecule has 0 radical (unpaired) electrons. The van der Waals surface area contributed by atoms with Gasteiger partial charge in [-0.3, -0.25) is 9.78 Å². The molecule has 1 aromatic carbocycles. The van der Waals surface area contributed by atoms with E-state index in [2.05, 4.69) is 20.6 Å². The summed E-state index contributed by atoms with van der Waals surface area (Å²) in [5.41, 5.74) is 3.12. The Morgan fingerprint density at radius 2 is 2.00 bits per heavy atom. The number of hydrogen-bond donors (Lipinski definition) is 2. The van der Waals surface area contributed by atoms with Gasteiger partial charge in [-0.15, -0.1) is 0 Å². The van der Waals surface area contributed by atoms with Crippen molar-refractivity contribution >= 4 is 40.5 Å². The molecule has 0 spiro atoms. The molecule has 0 aliphatic heterocycles. The van der Waals surface area contributed by atoms with Gasteiger partial charge in [0.05, 0.1) is 34.8 Å². The molecule has 2 aromatic heterocycles. The summed E-state index contributed by atoms with van der Waals surface area (Å²) in [5, 5.41) is 6.93. The molecule has 1 amide bonds. The Hall–Kier alpha value is -2.67. The summed E-state index contributed by atoms with van der Waals surface area (Å²) in [4.78, 5) is 21.1. The summed E-state index contributed by atoms with van der Waals surface area (Å²) in [5.74, 6) is -0.275. The maximum absolute atomic E-state index is 12.8. The molecule has 0 saturated carbocycles. The summed E-state index contributed by atoms with van der Waals surface area (Å²) in [6, 6.07) is 12.2. The van der Waals surface area contributed by atoms with Crippen LogP contribution in [0.3, 0.4) is 0 Å². The third-order valence-electron chi connectivity index (χ3n) is 3.90.